The molecule has 35 heavy (non-hydrogen) atoms. The first-order valence-corrected chi connectivity index (χ1v) is 12.6. The summed E-state index contributed by atoms with van der Waals surface area (Å²) in [5.41, 5.74) is 7.87. The number of carbonyl (C=O) groups is 2. The molecule has 0 spiro atoms. The van der Waals surface area contributed by atoms with Crippen molar-refractivity contribution in [1.29, 1.82) is 0 Å². The van der Waals surface area contributed by atoms with Crippen molar-refractivity contribution in [3.05, 3.63) is 47.7 Å². The Hall–Kier alpha value is -2.91. The van der Waals surface area contributed by atoms with Gasteiger partial charge in [0, 0.05) is 51.0 Å². The Morgan fingerprint density at radius 2 is 2.17 bits per heavy atom. The standard InChI is InChI=1S/C26H36N4O5/c1-2-3-11-29(12-9-27)24(31)17-30-16-20(18-4-6-22-19(15-18)8-13-34-22)25(26(32)33)21(30)5-7-23-28-10-14-35-23/h4,6,10,14-15,20-21,25H,2-3,5,7-9,11-13,16-17,27H2,1H3,(H,32,33). The zero-order valence-corrected chi connectivity index (χ0v) is 20.4. The molecule has 1 aromatic carbocycles. The molecule has 9 nitrogen and oxygen atoms in total. The van der Waals surface area contributed by atoms with Gasteiger partial charge in [0.15, 0.2) is 5.89 Å². The summed E-state index contributed by atoms with van der Waals surface area (Å²) in [5, 5.41) is 10.3. The van der Waals surface area contributed by atoms with Gasteiger partial charge in [-0.1, -0.05) is 25.5 Å². The van der Waals surface area contributed by atoms with Crippen molar-refractivity contribution in [2.75, 3.05) is 39.3 Å². The Kier molecular flexibility index (Phi) is 8.41. The van der Waals surface area contributed by atoms with Gasteiger partial charge in [0.25, 0.3) is 0 Å². The van der Waals surface area contributed by atoms with Crippen LogP contribution in [0.15, 0.2) is 35.1 Å². The minimum Gasteiger partial charge on any atom is -0.493 e. The van der Waals surface area contributed by atoms with Crippen molar-refractivity contribution < 1.29 is 23.8 Å². The highest BCUT2D eigenvalue weighted by Gasteiger charge is 2.47. The Balaban J connectivity index is 1.58. The predicted molar refractivity (Wildman–Crippen MR) is 130 cm³/mol. The first-order chi connectivity index (χ1) is 17.0. The predicted octanol–water partition coefficient (Wildman–Crippen LogP) is 2.30. The monoisotopic (exact) mass is 484 g/mol. The van der Waals surface area contributed by atoms with Crippen LogP contribution in [0.25, 0.3) is 0 Å². The number of hydrogen-bond donors (Lipinski definition) is 2. The van der Waals surface area contributed by atoms with Crippen LogP contribution in [-0.2, 0) is 22.4 Å². The number of aliphatic carboxylic acids is 1. The molecular weight excluding hydrogens is 448 g/mol. The number of fused-ring (bicyclic) bond motifs is 1. The zero-order valence-electron chi connectivity index (χ0n) is 20.4. The summed E-state index contributed by atoms with van der Waals surface area (Å²) in [6.07, 6.45) is 6.90. The molecule has 190 valence electrons. The average Bonchev–Trinajstić information content (AvgIpc) is 3.59. The van der Waals surface area contributed by atoms with E-state index >= 15 is 0 Å². The maximum atomic E-state index is 13.3. The Bertz CT molecular complexity index is 996. The number of carboxylic acid groups (broad SMARTS) is 1. The quantitative estimate of drug-likeness (QED) is 0.471. The second-order valence-corrected chi connectivity index (χ2v) is 9.42. The highest BCUT2D eigenvalue weighted by molar-refractivity contribution is 5.79. The maximum absolute atomic E-state index is 13.3. The molecule has 2 aliphatic heterocycles. The lowest BCUT2D eigenvalue weighted by Gasteiger charge is -2.29. The maximum Gasteiger partial charge on any atom is 0.308 e. The topological polar surface area (TPSA) is 122 Å². The molecule has 0 bridgehead atoms. The third-order valence-corrected chi connectivity index (χ3v) is 7.18. The molecule has 3 atom stereocenters. The molecule has 1 fully saturated rings. The molecule has 0 saturated carbocycles. The molecular formula is C26H36N4O5. The van der Waals surface area contributed by atoms with Gasteiger partial charge in [-0.3, -0.25) is 14.5 Å². The number of carbonyl (C=O) groups excluding carboxylic acids is 1. The van der Waals surface area contributed by atoms with E-state index in [0.717, 1.165) is 36.1 Å². The van der Waals surface area contributed by atoms with E-state index in [4.69, 9.17) is 14.9 Å². The number of nitrogens with zero attached hydrogens (tertiary/aromatic N) is 3. The molecule has 1 amide bonds. The van der Waals surface area contributed by atoms with Crippen molar-refractivity contribution in [3.63, 3.8) is 0 Å². The van der Waals surface area contributed by atoms with Gasteiger partial charge in [-0.25, -0.2) is 4.98 Å². The molecule has 3 N–H and O–H groups in total. The van der Waals surface area contributed by atoms with E-state index in [1.165, 1.54) is 6.26 Å². The summed E-state index contributed by atoms with van der Waals surface area (Å²) >= 11 is 0. The van der Waals surface area contributed by atoms with E-state index in [-0.39, 0.29) is 24.4 Å². The first kappa shape index (κ1) is 25.2. The van der Waals surface area contributed by atoms with Crippen molar-refractivity contribution in [2.45, 2.75) is 51.0 Å². The number of ether oxygens (including phenoxy) is 1. The molecule has 2 aromatic rings. The number of likely N-dealkylation sites (tertiary alicyclic amines) is 1. The van der Waals surface area contributed by atoms with Gasteiger partial charge in [-0.05, 0) is 30.0 Å². The van der Waals surface area contributed by atoms with Crippen molar-refractivity contribution in [3.8, 4) is 5.75 Å². The smallest absolute Gasteiger partial charge is 0.308 e. The zero-order chi connectivity index (χ0) is 24.8. The van der Waals surface area contributed by atoms with Gasteiger partial charge in [-0.15, -0.1) is 0 Å². The first-order valence-electron chi connectivity index (χ1n) is 12.6. The summed E-state index contributed by atoms with van der Waals surface area (Å²) in [6.45, 7) is 4.99. The van der Waals surface area contributed by atoms with Gasteiger partial charge in [0.1, 0.15) is 12.0 Å². The fourth-order valence-electron chi connectivity index (χ4n) is 5.41. The van der Waals surface area contributed by atoms with Gasteiger partial charge in [0.05, 0.1) is 25.3 Å². The minimum absolute atomic E-state index is 0.00262. The molecule has 0 radical (unpaired) electrons. The Morgan fingerprint density at radius 1 is 1.31 bits per heavy atom. The number of unbranched alkanes of at least 4 members (excludes halogenated alkanes) is 1. The summed E-state index contributed by atoms with van der Waals surface area (Å²) < 4.78 is 11.0. The van der Waals surface area contributed by atoms with Gasteiger partial charge in [-0.2, -0.15) is 0 Å². The summed E-state index contributed by atoms with van der Waals surface area (Å²) in [7, 11) is 0. The van der Waals surface area contributed by atoms with E-state index < -0.39 is 11.9 Å². The molecule has 1 saturated heterocycles. The van der Waals surface area contributed by atoms with Crippen LogP contribution in [-0.4, -0.2) is 77.1 Å². The van der Waals surface area contributed by atoms with E-state index in [1.54, 1.807) is 6.20 Å². The fourth-order valence-corrected chi connectivity index (χ4v) is 5.41. The number of oxazole rings is 1. The van der Waals surface area contributed by atoms with Gasteiger partial charge >= 0.3 is 5.97 Å². The van der Waals surface area contributed by atoms with Gasteiger partial charge < -0.3 is 24.9 Å². The second kappa shape index (κ2) is 11.7. The molecule has 4 rings (SSSR count). The molecule has 0 aliphatic carbocycles. The van der Waals surface area contributed by atoms with E-state index in [1.807, 2.05) is 21.9 Å². The highest BCUT2D eigenvalue weighted by Crippen LogP contribution is 2.41. The summed E-state index contributed by atoms with van der Waals surface area (Å²) in [4.78, 5) is 33.9. The fraction of sp³-hybridized carbons (Fsp3) is 0.577. The molecule has 9 heteroatoms. The van der Waals surface area contributed by atoms with E-state index in [0.29, 0.717) is 51.5 Å². The molecule has 2 aliphatic rings. The average molecular weight is 485 g/mol. The van der Waals surface area contributed by atoms with Crippen LogP contribution in [0.5, 0.6) is 5.75 Å². The molecule has 3 unspecified atom stereocenters. The van der Waals surface area contributed by atoms with Crippen molar-refractivity contribution in [2.24, 2.45) is 11.7 Å². The van der Waals surface area contributed by atoms with Crippen LogP contribution in [0.2, 0.25) is 0 Å². The van der Waals surface area contributed by atoms with E-state index in [2.05, 4.69) is 18.0 Å². The lowest BCUT2D eigenvalue weighted by molar-refractivity contribution is -0.143. The van der Waals surface area contributed by atoms with Crippen LogP contribution >= 0.6 is 0 Å². The van der Waals surface area contributed by atoms with Crippen LogP contribution in [0.1, 0.15) is 49.1 Å². The number of rotatable bonds is 12. The Labute approximate surface area is 206 Å². The number of aromatic nitrogens is 1. The molecule has 1 aromatic heterocycles. The van der Waals surface area contributed by atoms with Crippen LogP contribution < -0.4 is 10.5 Å². The van der Waals surface area contributed by atoms with E-state index in [9.17, 15) is 14.7 Å². The molecule has 3 heterocycles. The van der Waals surface area contributed by atoms with Crippen LogP contribution in [0.4, 0.5) is 0 Å². The SMILES string of the molecule is CCCCN(CCN)C(=O)CN1CC(c2ccc3c(c2)CCO3)C(C(=O)O)C1CCc1ncco1. The lowest BCUT2D eigenvalue weighted by Crippen LogP contribution is -2.45. The largest absolute Gasteiger partial charge is 0.493 e. The lowest BCUT2D eigenvalue weighted by atomic mass is 9.83. The number of amides is 1. The normalized spacial score (nSPS) is 21.6. The summed E-state index contributed by atoms with van der Waals surface area (Å²) in [5.74, 6) is -0.261. The highest BCUT2D eigenvalue weighted by atomic mass is 16.5. The van der Waals surface area contributed by atoms with Gasteiger partial charge in [0.2, 0.25) is 5.91 Å². The summed E-state index contributed by atoms with van der Waals surface area (Å²) in [6, 6.07) is 5.69. The number of aryl methyl sites for hydroxylation is 1. The van der Waals surface area contributed by atoms with Crippen molar-refractivity contribution >= 4 is 11.9 Å². The van der Waals surface area contributed by atoms with Crippen LogP contribution in [0.3, 0.4) is 0 Å². The minimum atomic E-state index is -0.844. The van der Waals surface area contributed by atoms with Crippen molar-refractivity contribution in [1.82, 2.24) is 14.8 Å². The Morgan fingerprint density at radius 3 is 2.89 bits per heavy atom. The second-order valence-electron chi connectivity index (χ2n) is 9.42. The third-order valence-electron chi connectivity index (χ3n) is 7.18. The van der Waals surface area contributed by atoms with Crippen LogP contribution in [0, 0.1) is 5.92 Å². The number of benzene rings is 1. The third kappa shape index (κ3) is 5.85. The number of nitrogens with two attached hydrogens (primary N) is 1. The number of hydrogen-bond acceptors (Lipinski definition) is 7. The number of carboxylic acids is 1.